The minimum absolute atomic E-state index is 0.0172. The van der Waals surface area contributed by atoms with Crippen LogP contribution in [-0.2, 0) is 17.6 Å². The van der Waals surface area contributed by atoms with Crippen LogP contribution in [0.25, 0.3) is 0 Å². The van der Waals surface area contributed by atoms with E-state index in [2.05, 4.69) is 5.32 Å². The third-order valence-electron chi connectivity index (χ3n) is 2.83. The molecule has 0 fully saturated rings. The van der Waals surface area contributed by atoms with E-state index in [9.17, 15) is 9.90 Å². The number of aryl methyl sites for hydroxylation is 1. The van der Waals surface area contributed by atoms with Gasteiger partial charge in [0.25, 0.3) is 0 Å². The molecule has 0 spiro atoms. The molecule has 0 saturated carbocycles. The van der Waals surface area contributed by atoms with Gasteiger partial charge in [0.05, 0.1) is 0 Å². The van der Waals surface area contributed by atoms with Crippen LogP contribution in [0.15, 0.2) is 18.2 Å². The number of hydrogen-bond acceptors (Lipinski definition) is 2. The lowest BCUT2D eigenvalue weighted by Crippen LogP contribution is -2.37. The largest absolute Gasteiger partial charge is 0.508 e. The Morgan fingerprint density at radius 1 is 1.47 bits per heavy atom. The zero-order valence-electron chi connectivity index (χ0n) is 8.79. The molecule has 1 aromatic carbocycles. The highest BCUT2D eigenvalue weighted by Gasteiger charge is 2.19. The second kappa shape index (κ2) is 3.93. The van der Waals surface area contributed by atoms with E-state index in [0.29, 0.717) is 5.75 Å². The highest BCUT2D eigenvalue weighted by atomic mass is 16.3. The van der Waals surface area contributed by atoms with Gasteiger partial charge in [-0.25, -0.2) is 0 Å². The Labute approximate surface area is 89.1 Å². The van der Waals surface area contributed by atoms with Gasteiger partial charge in [-0.2, -0.15) is 0 Å². The van der Waals surface area contributed by atoms with Crippen LogP contribution in [0.3, 0.4) is 0 Å². The van der Waals surface area contributed by atoms with E-state index in [4.69, 9.17) is 0 Å². The number of carbonyl (C=O) groups is 1. The first-order chi connectivity index (χ1) is 7.15. The van der Waals surface area contributed by atoms with E-state index in [0.717, 1.165) is 24.8 Å². The van der Waals surface area contributed by atoms with Crippen LogP contribution in [0.4, 0.5) is 0 Å². The number of nitrogens with one attached hydrogen (secondary N) is 1. The summed E-state index contributed by atoms with van der Waals surface area (Å²) in [5, 5.41) is 12.3. The summed E-state index contributed by atoms with van der Waals surface area (Å²) in [5.41, 5.74) is 2.44. The van der Waals surface area contributed by atoms with Crippen LogP contribution in [0, 0.1) is 0 Å². The van der Waals surface area contributed by atoms with Gasteiger partial charge in [0.15, 0.2) is 0 Å². The molecule has 0 saturated heterocycles. The number of rotatable bonds is 1. The molecule has 0 heterocycles. The van der Waals surface area contributed by atoms with E-state index < -0.39 is 0 Å². The third kappa shape index (κ3) is 2.29. The molecule has 2 N–H and O–H groups in total. The van der Waals surface area contributed by atoms with Gasteiger partial charge in [0.2, 0.25) is 5.91 Å². The van der Waals surface area contributed by atoms with E-state index in [1.165, 1.54) is 12.5 Å². The number of amides is 1. The zero-order chi connectivity index (χ0) is 10.8. The second-order valence-electron chi connectivity index (χ2n) is 4.09. The number of carbonyl (C=O) groups excluding carboxylic acids is 1. The Kier molecular flexibility index (Phi) is 2.62. The fourth-order valence-electron chi connectivity index (χ4n) is 2.15. The molecule has 1 unspecified atom stereocenters. The van der Waals surface area contributed by atoms with Gasteiger partial charge in [0, 0.05) is 13.0 Å². The maximum absolute atomic E-state index is 10.9. The van der Waals surface area contributed by atoms with E-state index in [-0.39, 0.29) is 11.9 Å². The number of phenolic OH excluding ortho intramolecular Hbond substituents is 1. The second-order valence-corrected chi connectivity index (χ2v) is 4.09. The lowest BCUT2D eigenvalue weighted by atomic mass is 9.88. The summed E-state index contributed by atoms with van der Waals surface area (Å²) in [4.78, 5) is 10.9. The van der Waals surface area contributed by atoms with Gasteiger partial charge >= 0.3 is 0 Å². The smallest absolute Gasteiger partial charge is 0.217 e. The molecular formula is C12H15NO2. The summed E-state index contributed by atoms with van der Waals surface area (Å²) in [6, 6.07) is 5.70. The third-order valence-corrected chi connectivity index (χ3v) is 2.83. The maximum atomic E-state index is 10.9. The molecule has 15 heavy (non-hydrogen) atoms. The Morgan fingerprint density at radius 3 is 3.00 bits per heavy atom. The number of aromatic hydroxyl groups is 1. The molecule has 3 heteroatoms. The Hall–Kier alpha value is -1.51. The highest BCUT2D eigenvalue weighted by molar-refractivity contribution is 5.73. The first-order valence-electron chi connectivity index (χ1n) is 5.23. The number of phenols is 1. The van der Waals surface area contributed by atoms with Crippen LogP contribution in [0.5, 0.6) is 5.75 Å². The number of fused-ring (bicyclic) bond motifs is 1. The van der Waals surface area contributed by atoms with Gasteiger partial charge < -0.3 is 10.4 Å². The minimum atomic E-state index is 0.0172. The summed E-state index contributed by atoms with van der Waals surface area (Å²) in [7, 11) is 0. The molecule has 0 radical (unpaired) electrons. The van der Waals surface area contributed by atoms with Crippen molar-refractivity contribution in [3.05, 3.63) is 29.3 Å². The van der Waals surface area contributed by atoms with Crippen LogP contribution in [-0.4, -0.2) is 17.1 Å². The predicted molar refractivity (Wildman–Crippen MR) is 57.7 cm³/mol. The van der Waals surface area contributed by atoms with Crippen molar-refractivity contribution in [1.29, 1.82) is 0 Å². The topological polar surface area (TPSA) is 49.3 Å². The first kappa shape index (κ1) is 10.0. The van der Waals surface area contributed by atoms with Gasteiger partial charge in [-0.15, -0.1) is 0 Å². The fraction of sp³-hybridized carbons (Fsp3) is 0.417. The molecule has 1 atom stereocenters. The lowest BCUT2D eigenvalue weighted by Gasteiger charge is -2.25. The molecule has 1 amide bonds. The number of hydrogen-bond donors (Lipinski definition) is 2. The van der Waals surface area contributed by atoms with Crippen LogP contribution in [0.1, 0.15) is 24.5 Å². The van der Waals surface area contributed by atoms with Crippen molar-refractivity contribution in [3.8, 4) is 5.75 Å². The van der Waals surface area contributed by atoms with E-state index in [1.807, 2.05) is 6.07 Å². The summed E-state index contributed by atoms with van der Waals surface area (Å²) in [6.45, 7) is 1.54. The van der Waals surface area contributed by atoms with E-state index in [1.54, 1.807) is 12.1 Å². The van der Waals surface area contributed by atoms with Crippen LogP contribution < -0.4 is 5.32 Å². The standard InChI is InChI=1S/C12H15NO2/c1-8(14)13-11-4-2-9-3-5-12(15)7-10(9)6-11/h3,5,7,11,15H,2,4,6H2,1H3,(H,13,14). The van der Waals surface area contributed by atoms with Crippen molar-refractivity contribution in [2.24, 2.45) is 0 Å². The minimum Gasteiger partial charge on any atom is -0.508 e. The molecular weight excluding hydrogens is 190 g/mol. The molecule has 2 rings (SSSR count). The molecule has 0 aliphatic heterocycles. The summed E-state index contributed by atoms with van der Waals surface area (Å²) < 4.78 is 0. The average Bonchev–Trinajstić information content (AvgIpc) is 2.16. The normalized spacial score (nSPS) is 19.4. The quantitative estimate of drug-likeness (QED) is 0.727. The van der Waals surface area contributed by atoms with E-state index >= 15 is 0 Å². The van der Waals surface area contributed by atoms with Crippen LogP contribution >= 0.6 is 0 Å². The van der Waals surface area contributed by atoms with Crippen molar-refractivity contribution < 1.29 is 9.90 Å². The first-order valence-corrected chi connectivity index (χ1v) is 5.23. The molecule has 0 bridgehead atoms. The monoisotopic (exact) mass is 205 g/mol. The molecule has 1 aromatic rings. The van der Waals surface area contributed by atoms with Gasteiger partial charge in [-0.1, -0.05) is 6.07 Å². The summed E-state index contributed by atoms with van der Waals surface area (Å²) in [6.07, 6.45) is 2.78. The Morgan fingerprint density at radius 2 is 2.27 bits per heavy atom. The zero-order valence-corrected chi connectivity index (χ0v) is 8.79. The van der Waals surface area contributed by atoms with Crippen LogP contribution in [0.2, 0.25) is 0 Å². The molecule has 0 aromatic heterocycles. The average molecular weight is 205 g/mol. The molecule has 1 aliphatic carbocycles. The Balaban J connectivity index is 2.14. The molecule has 3 nitrogen and oxygen atoms in total. The predicted octanol–water partition coefficient (Wildman–Crippen LogP) is 1.39. The maximum Gasteiger partial charge on any atom is 0.217 e. The fourth-order valence-corrected chi connectivity index (χ4v) is 2.15. The molecule has 80 valence electrons. The summed E-state index contributed by atoms with van der Waals surface area (Å²) in [5.74, 6) is 0.320. The number of benzene rings is 1. The lowest BCUT2D eigenvalue weighted by molar-refractivity contribution is -0.119. The van der Waals surface area contributed by atoms with Crippen molar-refractivity contribution in [2.45, 2.75) is 32.2 Å². The SMILES string of the molecule is CC(=O)NC1CCc2ccc(O)cc2C1. The van der Waals surface area contributed by atoms with Crippen molar-refractivity contribution in [3.63, 3.8) is 0 Å². The summed E-state index contributed by atoms with van der Waals surface area (Å²) >= 11 is 0. The van der Waals surface area contributed by atoms with Gasteiger partial charge in [0.1, 0.15) is 5.75 Å². The highest BCUT2D eigenvalue weighted by Crippen LogP contribution is 2.24. The Bertz CT molecular complexity index is 387. The van der Waals surface area contributed by atoms with Crippen molar-refractivity contribution in [1.82, 2.24) is 5.32 Å². The van der Waals surface area contributed by atoms with Gasteiger partial charge in [-0.05, 0) is 42.5 Å². The van der Waals surface area contributed by atoms with Crippen molar-refractivity contribution >= 4 is 5.91 Å². The molecule has 1 aliphatic rings. The van der Waals surface area contributed by atoms with Crippen molar-refractivity contribution in [2.75, 3.05) is 0 Å². The van der Waals surface area contributed by atoms with Gasteiger partial charge in [-0.3, -0.25) is 4.79 Å².